The quantitative estimate of drug-likeness (QED) is 0.202. The molecule has 1 fully saturated rings. The Hall–Kier alpha value is -3.87. The molecule has 13 heteroatoms. The van der Waals surface area contributed by atoms with Gasteiger partial charge < -0.3 is 25.2 Å². The molecular formula is C34H43ClF3N7O2. The molecule has 0 aliphatic carbocycles. The maximum atomic E-state index is 14.5. The molecule has 1 aromatic rings. The Bertz CT molecular complexity index is 1470. The van der Waals surface area contributed by atoms with Crippen LogP contribution >= 0.6 is 11.6 Å². The van der Waals surface area contributed by atoms with E-state index in [1.165, 1.54) is 13.0 Å². The molecule has 3 heterocycles. The van der Waals surface area contributed by atoms with E-state index in [0.29, 0.717) is 50.0 Å². The number of anilines is 1. The highest BCUT2D eigenvalue weighted by Gasteiger charge is 2.44. The first-order chi connectivity index (χ1) is 22.5. The van der Waals surface area contributed by atoms with Crippen LogP contribution in [0.4, 0.5) is 18.9 Å². The lowest BCUT2D eigenvalue weighted by molar-refractivity contribution is -0.129. The van der Waals surface area contributed by atoms with Gasteiger partial charge in [0.05, 0.1) is 31.3 Å². The van der Waals surface area contributed by atoms with Crippen molar-refractivity contribution in [2.45, 2.75) is 33.4 Å². The van der Waals surface area contributed by atoms with Gasteiger partial charge in [-0.05, 0) is 55.2 Å². The SMILES string of the molecule is C=C(C=N/C=C(/Cl)CNCCN(CC)C(=O)CNC1=C(c2ccc(N3CCOCC3)cc2)CN=C2C=CC(C)=C(C(F)(F)F)N21)CC. The first kappa shape index (κ1) is 36.0. The topological polar surface area (TPSA) is 84.8 Å². The molecule has 0 radical (unpaired) electrons. The number of morpholine rings is 1. The average Bonchev–Trinajstić information content (AvgIpc) is 3.06. The van der Waals surface area contributed by atoms with Crippen LogP contribution in [-0.2, 0) is 9.53 Å². The van der Waals surface area contributed by atoms with Crippen LogP contribution in [0, 0.1) is 0 Å². The largest absolute Gasteiger partial charge is 0.432 e. The molecule has 3 aliphatic heterocycles. The number of likely N-dealkylation sites (N-methyl/N-ethyl adjacent to an activating group) is 1. The Morgan fingerprint density at radius 1 is 1.17 bits per heavy atom. The Morgan fingerprint density at radius 3 is 2.55 bits per heavy atom. The van der Waals surface area contributed by atoms with Crippen LogP contribution in [0.5, 0.6) is 0 Å². The zero-order chi connectivity index (χ0) is 34.0. The third-order valence-corrected chi connectivity index (χ3v) is 8.23. The van der Waals surface area contributed by atoms with Gasteiger partial charge in [-0.3, -0.25) is 19.7 Å². The van der Waals surface area contributed by atoms with Crippen LogP contribution in [0.3, 0.4) is 0 Å². The van der Waals surface area contributed by atoms with Crippen molar-refractivity contribution in [1.82, 2.24) is 20.4 Å². The third-order valence-electron chi connectivity index (χ3n) is 8.00. The highest BCUT2D eigenvalue weighted by Crippen LogP contribution is 2.39. The molecule has 4 rings (SSSR count). The molecule has 0 bridgehead atoms. The van der Waals surface area contributed by atoms with Crippen LogP contribution in [0.2, 0.25) is 0 Å². The number of amidine groups is 1. The molecule has 1 saturated heterocycles. The molecule has 0 saturated carbocycles. The lowest BCUT2D eigenvalue weighted by atomic mass is 10.0. The number of benzene rings is 1. The first-order valence-corrected chi connectivity index (χ1v) is 16.2. The van der Waals surface area contributed by atoms with Gasteiger partial charge in [-0.1, -0.05) is 43.3 Å². The van der Waals surface area contributed by atoms with Crippen LogP contribution in [0.1, 0.15) is 32.8 Å². The van der Waals surface area contributed by atoms with Crippen molar-refractivity contribution >= 4 is 40.8 Å². The first-order valence-electron chi connectivity index (χ1n) is 15.8. The Kier molecular flexibility index (Phi) is 12.9. The van der Waals surface area contributed by atoms with E-state index < -0.39 is 11.9 Å². The number of allylic oxidation sites excluding steroid dienone is 4. The number of hydrogen-bond acceptors (Lipinski definition) is 8. The summed E-state index contributed by atoms with van der Waals surface area (Å²) in [7, 11) is 0. The van der Waals surface area contributed by atoms with Gasteiger partial charge in [0.1, 0.15) is 17.4 Å². The van der Waals surface area contributed by atoms with E-state index in [2.05, 4.69) is 32.1 Å². The third kappa shape index (κ3) is 9.59. The molecule has 3 aliphatic rings. The van der Waals surface area contributed by atoms with Crippen molar-refractivity contribution in [2.24, 2.45) is 9.98 Å². The van der Waals surface area contributed by atoms with Gasteiger partial charge in [-0.15, -0.1) is 0 Å². The molecule has 0 atom stereocenters. The van der Waals surface area contributed by atoms with Crippen LogP contribution in [0.25, 0.3) is 5.57 Å². The molecule has 0 aromatic heterocycles. The molecule has 254 valence electrons. The molecule has 1 aromatic carbocycles. The standard InChI is InChI=1S/C34H43ClF3N7O2/c1-5-24(3)19-40-21-27(35)20-39-13-14-43(6-2)31(46)23-42-33-29(26-8-10-28(11-9-26)44-15-17-47-18-16-44)22-41-30-12-7-25(4)32(45(30)33)34(36,37)38/h7-12,19,21,39,42H,3,5-6,13-18,20,22-23H2,1-2,4H3/b27-21+,40-19?. The van der Waals surface area contributed by atoms with Crippen LogP contribution in [-0.4, -0.2) is 99.5 Å². The van der Waals surface area contributed by atoms with E-state index in [9.17, 15) is 18.0 Å². The normalized spacial score (nSPS) is 17.3. The van der Waals surface area contributed by atoms with E-state index >= 15 is 0 Å². The van der Waals surface area contributed by atoms with Crippen molar-refractivity contribution in [1.29, 1.82) is 0 Å². The number of hydrogen-bond donors (Lipinski definition) is 2. The van der Waals surface area contributed by atoms with E-state index in [-0.39, 0.29) is 36.2 Å². The number of aliphatic imine (C=N–C) groups is 2. The second-order valence-electron chi connectivity index (χ2n) is 11.2. The van der Waals surface area contributed by atoms with Gasteiger partial charge in [-0.25, -0.2) is 0 Å². The van der Waals surface area contributed by atoms with Crippen LogP contribution < -0.4 is 15.5 Å². The van der Waals surface area contributed by atoms with Crippen molar-refractivity contribution < 1.29 is 22.7 Å². The number of alkyl halides is 3. The lowest BCUT2D eigenvalue weighted by Gasteiger charge is -2.38. The summed E-state index contributed by atoms with van der Waals surface area (Å²) in [5.41, 5.74) is 2.41. The second kappa shape index (κ2) is 16.8. The summed E-state index contributed by atoms with van der Waals surface area (Å²) in [6.07, 6.45) is 2.34. The fraction of sp³-hybridized carbons (Fsp3) is 0.441. The van der Waals surface area contributed by atoms with Crippen molar-refractivity contribution in [3.05, 3.63) is 82.5 Å². The minimum Gasteiger partial charge on any atom is -0.378 e. The molecule has 47 heavy (non-hydrogen) atoms. The molecule has 1 amide bonds. The molecule has 9 nitrogen and oxygen atoms in total. The lowest BCUT2D eigenvalue weighted by Crippen LogP contribution is -2.47. The van der Waals surface area contributed by atoms with Gasteiger partial charge in [-0.2, -0.15) is 13.2 Å². The van der Waals surface area contributed by atoms with E-state index in [0.717, 1.165) is 41.2 Å². The number of amides is 1. The minimum atomic E-state index is -4.65. The predicted octanol–water partition coefficient (Wildman–Crippen LogP) is 5.46. The summed E-state index contributed by atoms with van der Waals surface area (Å²) in [4.78, 5) is 27.0. The van der Waals surface area contributed by atoms with E-state index in [4.69, 9.17) is 16.3 Å². The fourth-order valence-corrected chi connectivity index (χ4v) is 5.49. The minimum absolute atomic E-state index is 0.0564. The highest BCUT2D eigenvalue weighted by molar-refractivity contribution is 6.29. The van der Waals surface area contributed by atoms with E-state index in [1.54, 1.807) is 23.4 Å². The summed E-state index contributed by atoms with van der Waals surface area (Å²) >= 11 is 6.23. The fourth-order valence-electron chi connectivity index (χ4n) is 5.34. The smallest absolute Gasteiger partial charge is 0.378 e. The van der Waals surface area contributed by atoms with Crippen molar-refractivity contribution in [3.63, 3.8) is 0 Å². The second-order valence-corrected chi connectivity index (χ2v) is 11.7. The number of fused-ring (bicyclic) bond motifs is 1. The molecular weight excluding hydrogens is 631 g/mol. The zero-order valence-electron chi connectivity index (χ0n) is 27.2. The summed E-state index contributed by atoms with van der Waals surface area (Å²) in [5, 5.41) is 6.79. The Morgan fingerprint density at radius 2 is 1.89 bits per heavy atom. The summed E-state index contributed by atoms with van der Waals surface area (Å²) in [5.74, 6) is 0.103. The predicted molar refractivity (Wildman–Crippen MR) is 183 cm³/mol. The summed E-state index contributed by atoms with van der Waals surface area (Å²) in [6, 6.07) is 7.70. The van der Waals surface area contributed by atoms with Gasteiger partial charge >= 0.3 is 6.18 Å². The van der Waals surface area contributed by atoms with E-state index in [1.807, 2.05) is 38.1 Å². The molecule has 0 spiro atoms. The Labute approximate surface area is 279 Å². The van der Waals surface area contributed by atoms with Gasteiger partial charge in [0.25, 0.3) is 0 Å². The summed E-state index contributed by atoms with van der Waals surface area (Å²) < 4.78 is 48.9. The molecule has 0 unspecified atom stereocenters. The Balaban J connectivity index is 1.51. The van der Waals surface area contributed by atoms with Crippen molar-refractivity contribution in [2.75, 3.05) is 70.5 Å². The number of ether oxygens (including phenoxy) is 1. The highest BCUT2D eigenvalue weighted by atomic mass is 35.5. The van der Waals surface area contributed by atoms with Gasteiger partial charge in [0.15, 0.2) is 0 Å². The number of rotatable bonds is 14. The summed E-state index contributed by atoms with van der Waals surface area (Å²) in [6.45, 7) is 13.5. The van der Waals surface area contributed by atoms with Gasteiger partial charge in [0, 0.05) is 62.9 Å². The number of carbonyl (C=O) groups excluding carboxylic acids is 1. The number of nitrogens with one attached hydrogen (secondary N) is 2. The monoisotopic (exact) mass is 673 g/mol. The number of halogens is 4. The zero-order valence-corrected chi connectivity index (χ0v) is 27.9. The van der Waals surface area contributed by atoms with Crippen LogP contribution in [0.15, 0.2) is 86.9 Å². The number of nitrogens with zero attached hydrogens (tertiary/aromatic N) is 5. The maximum absolute atomic E-state index is 14.5. The maximum Gasteiger partial charge on any atom is 0.432 e. The number of carbonyl (C=O) groups is 1. The van der Waals surface area contributed by atoms with Gasteiger partial charge in [0.2, 0.25) is 5.91 Å². The average molecular weight is 674 g/mol. The van der Waals surface area contributed by atoms with Crippen molar-refractivity contribution in [3.8, 4) is 0 Å². The molecule has 2 N–H and O–H groups in total.